The van der Waals surface area contributed by atoms with E-state index in [1.165, 1.54) is 0 Å². The molecule has 10 heavy (non-hydrogen) atoms. The molecule has 0 atom stereocenters. The van der Waals surface area contributed by atoms with Crippen LogP contribution in [0.1, 0.15) is 9.27 Å². The van der Waals surface area contributed by atoms with Crippen molar-refractivity contribution in [3.05, 3.63) is 23.4 Å². The van der Waals surface area contributed by atoms with Gasteiger partial charge in [0.2, 0.25) is 0 Å². The van der Waals surface area contributed by atoms with Gasteiger partial charge in [-0.2, -0.15) is 6.08 Å². The fraction of sp³-hybridized carbons (Fsp3) is 0.500. The van der Waals surface area contributed by atoms with Crippen LogP contribution in [0.25, 0.3) is 0 Å². The first-order chi connectivity index (χ1) is 4.11. The molecule has 0 nitrogen and oxygen atoms in total. The van der Waals surface area contributed by atoms with Gasteiger partial charge in [-0.15, -0.1) is 6.42 Å². The quantitative estimate of drug-likeness (QED) is 0.480. The molecule has 0 N–H and O–H groups in total. The minimum atomic E-state index is -0.981. The molecule has 0 saturated carbocycles. The molecule has 58 valence electrons. The van der Waals surface area contributed by atoms with Crippen molar-refractivity contribution in [2.24, 2.45) is 0 Å². The zero-order chi connectivity index (χ0) is 6.91. The molecule has 0 aromatic heterocycles. The van der Waals surface area contributed by atoms with Crippen molar-refractivity contribution in [2.45, 2.75) is 26.1 Å². The molecule has 0 aromatic rings. The molecule has 1 aliphatic rings. The van der Waals surface area contributed by atoms with E-state index >= 15 is 0 Å². The van der Waals surface area contributed by atoms with Gasteiger partial charge in [0.25, 0.3) is 0 Å². The summed E-state index contributed by atoms with van der Waals surface area (Å²) < 4.78 is 0. The molecule has 0 radical (unpaired) electrons. The van der Waals surface area contributed by atoms with E-state index in [-0.39, 0.29) is 29.1 Å². The zero-order valence-electron chi connectivity index (χ0n) is 8.86. The van der Waals surface area contributed by atoms with Crippen LogP contribution < -0.4 is 0 Å². The van der Waals surface area contributed by atoms with Gasteiger partial charge in [-0.1, -0.05) is 19.6 Å². The van der Waals surface area contributed by atoms with E-state index in [0.717, 1.165) is 6.42 Å². The van der Waals surface area contributed by atoms with E-state index in [9.17, 15) is 0 Å². The van der Waals surface area contributed by atoms with Crippen molar-refractivity contribution in [1.29, 1.82) is 0 Å². The van der Waals surface area contributed by atoms with Crippen LogP contribution >= 0.6 is 0 Å². The Balaban J connectivity index is -0.000000270. The average Bonchev–Trinajstić information content (AvgIpc) is 2.08. The van der Waals surface area contributed by atoms with Crippen LogP contribution in [0, 0.1) is 6.08 Å². The largest absolute Gasteiger partial charge is 1.00 e. The van der Waals surface area contributed by atoms with Crippen LogP contribution in [-0.2, 0) is 26.2 Å². The van der Waals surface area contributed by atoms with Gasteiger partial charge in [-0.05, 0) is 8.07 Å². The molecule has 0 bridgehead atoms. The number of rotatable bonds is 1. The Labute approximate surface area is 86.5 Å². The summed E-state index contributed by atoms with van der Waals surface area (Å²) in [4.78, 5) is 0. The molecule has 1 aliphatic carbocycles. The second kappa shape index (κ2) is 3.82. The maximum absolute atomic E-state index is 3.20. The topological polar surface area (TPSA) is 0 Å². The first-order valence-corrected chi connectivity index (χ1v) is 6.88. The van der Waals surface area contributed by atoms with E-state index in [1.54, 1.807) is 5.20 Å². The molecule has 0 spiro atoms. The van der Waals surface area contributed by atoms with E-state index in [2.05, 4.69) is 37.9 Å². The smallest absolute Gasteiger partial charge is 0 e. The molecule has 0 saturated heterocycles. The number of hydrogen-bond donors (Lipinski definition) is 0. The van der Waals surface area contributed by atoms with Crippen LogP contribution in [0.2, 0.25) is 19.6 Å². The van der Waals surface area contributed by atoms with E-state index in [1.807, 2.05) is 0 Å². The molecule has 0 aliphatic heterocycles. The van der Waals surface area contributed by atoms with Crippen LogP contribution in [0.3, 0.4) is 0 Å². The SMILES string of the molecule is C[Si](C)(C)C1=CC[C-]=C1.[H-].[H-].[Zr]. The van der Waals surface area contributed by atoms with Gasteiger partial charge >= 0.3 is 0 Å². The zero-order valence-corrected chi connectivity index (χ0v) is 10.3. The van der Waals surface area contributed by atoms with Gasteiger partial charge in [0, 0.05) is 26.2 Å². The van der Waals surface area contributed by atoms with E-state index in [4.69, 9.17) is 0 Å². The summed E-state index contributed by atoms with van der Waals surface area (Å²) >= 11 is 0. The van der Waals surface area contributed by atoms with Gasteiger partial charge in [0.05, 0.1) is 0 Å². The van der Waals surface area contributed by atoms with Gasteiger partial charge < -0.3 is 2.85 Å². The predicted octanol–water partition coefficient (Wildman–Crippen LogP) is 2.78. The number of hydrogen-bond acceptors (Lipinski definition) is 0. The van der Waals surface area contributed by atoms with Crippen molar-refractivity contribution in [3.8, 4) is 0 Å². The van der Waals surface area contributed by atoms with Crippen molar-refractivity contribution < 1.29 is 29.1 Å². The Hall–Kier alpha value is 0.580. The Bertz CT molecular complexity index is 170. The van der Waals surface area contributed by atoms with E-state index < -0.39 is 8.07 Å². The Kier molecular flexibility index (Phi) is 4.05. The third-order valence-corrected chi connectivity index (χ3v) is 3.64. The Morgan fingerprint density at radius 2 is 2.10 bits per heavy atom. The standard InChI is InChI=1S/C8H13Si.Zr.2H/c1-9(2,3)8-6-4-5-7-8;;;/h6-7H,4H2,1-3H3;;;/q-1;;2*-1. The molecule has 0 heterocycles. The first kappa shape index (κ1) is 10.6. The molecular formula is C8H15SiZr-3. The van der Waals surface area contributed by atoms with Crippen molar-refractivity contribution in [1.82, 2.24) is 0 Å². The van der Waals surface area contributed by atoms with Crippen LogP contribution in [0.4, 0.5) is 0 Å². The monoisotopic (exact) mass is 229 g/mol. The van der Waals surface area contributed by atoms with E-state index in [0.29, 0.717) is 0 Å². The maximum Gasteiger partial charge on any atom is 0 e. The molecule has 2 heteroatoms. The fourth-order valence-corrected chi connectivity index (χ4v) is 2.17. The van der Waals surface area contributed by atoms with Gasteiger partial charge in [-0.25, -0.2) is 11.3 Å². The van der Waals surface area contributed by atoms with Gasteiger partial charge in [0.15, 0.2) is 0 Å². The molecule has 0 unspecified atom stereocenters. The van der Waals surface area contributed by atoms with Gasteiger partial charge in [0.1, 0.15) is 0 Å². The third-order valence-electron chi connectivity index (χ3n) is 1.56. The molecule has 1 rings (SSSR count). The van der Waals surface area contributed by atoms with Crippen molar-refractivity contribution in [3.63, 3.8) is 0 Å². The summed E-state index contributed by atoms with van der Waals surface area (Å²) in [5.74, 6) is 0. The molecular weight excluding hydrogens is 215 g/mol. The van der Waals surface area contributed by atoms with Crippen LogP contribution in [0.15, 0.2) is 17.3 Å². The summed E-state index contributed by atoms with van der Waals surface area (Å²) in [7, 11) is -0.981. The first-order valence-electron chi connectivity index (χ1n) is 3.38. The van der Waals surface area contributed by atoms with Crippen molar-refractivity contribution >= 4 is 8.07 Å². The van der Waals surface area contributed by atoms with Crippen LogP contribution in [-0.4, -0.2) is 8.07 Å². The summed E-state index contributed by atoms with van der Waals surface area (Å²) in [6.45, 7) is 7.09. The van der Waals surface area contributed by atoms with Crippen LogP contribution in [0.5, 0.6) is 0 Å². The molecule has 0 fully saturated rings. The minimum absolute atomic E-state index is 0. The van der Waals surface area contributed by atoms with Gasteiger partial charge in [-0.3, -0.25) is 6.08 Å². The fourth-order valence-electron chi connectivity index (χ4n) is 0.919. The maximum atomic E-state index is 3.20. The second-order valence-corrected chi connectivity index (χ2v) is 8.54. The Morgan fingerprint density at radius 3 is 2.30 bits per heavy atom. The number of allylic oxidation sites excluding steroid dienone is 4. The third kappa shape index (κ3) is 2.67. The minimum Gasteiger partial charge on any atom is -1.00 e. The summed E-state index contributed by atoms with van der Waals surface area (Å²) in [6.07, 6.45) is 8.69. The Morgan fingerprint density at radius 1 is 1.50 bits per heavy atom. The summed E-state index contributed by atoms with van der Waals surface area (Å²) in [5.41, 5.74) is 0. The molecule has 0 aromatic carbocycles. The summed E-state index contributed by atoms with van der Waals surface area (Å²) in [5, 5.41) is 1.56. The summed E-state index contributed by atoms with van der Waals surface area (Å²) in [6, 6.07) is 0. The molecule has 0 amide bonds. The normalized spacial score (nSPS) is 16.5. The average molecular weight is 231 g/mol. The van der Waals surface area contributed by atoms with Crippen molar-refractivity contribution in [2.75, 3.05) is 0 Å². The predicted molar refractivity (Wildman–Crippen MR) is 46.1 cm³/mol. The second-order valence-electron chi connectivity index (χ2n) is 3.46.